The van der Waals surface area contributed by atoms with E-state index in [1.165, 1.54) is 13.2 Å². The van der Waals surface area contributed by atoms with E-state index in [1.54, 1.807) is 19.9 Å². The first-order valence-electron chi connectivity index (χ1n) is 5.71. The smallest absolute Gasteiger partial charge is 0.244 e. The van der Waals surface area contributed by atoms with Crippen LogP contribution in [0.25, 0.3) is 0 Å². The molecule has 0 unspecified atom stereocenters. The predicted octanol–water partition coefficient (Wildman–Crippen LogP) is 2.20. The topological polar surface area (TPSA) is 81.4 Å². The first kappa shape index (κ1) is 19.7. The van der Waals surface area contributed by atoms with Gasteiger partial charge in [0.15, 0.2) is 0 Å². The molecule has 0 radical (unpaired) electrons. The van der Waals surface area contributed by atoms with Gasteiger partial charge < -0.3 is 10.5 Å². The van der Waals surface area contributed by atoms with E-state index in [4.69, 9.17) is 10.5 Å². The Hall–Kier alpha value is -0.340. The summed E-state index contributed by atoms with van der Waals surface area (Å²) in [7, 11) is -2.26. The van der Waals surface area contributed by atoms with Crippen LogP contribution < -0.4 is 15.2 Å². The molecule has 1 rings (SSSR count). The van der Waals surface area contributed by atoms with Crippen molar-refractivity contribution in [2.24, 2.45) is 5.73 Å². The number of nitrogens with two attached hydrogens (primary N) is 1. The lowest BCUT2D eigenvalue weighted by Crippen LogP contribution is -2.48. The van der Waals surface area contributed by atoms with Crippen molar-refractivity contribution in [1.29, 1.82) is 0 Å². The van der Waals surface area contributed by atoms with Gasteiger partial charge >= 0.3 is 0 Å². The van der Waals surface area contributed by atoms with Crippen LogP contribution in [-0.2, 0) is 10.0 Å². The third-order valence-corrected chi connectivity index (χ3v) is 5.23. The molecule has 0 aliphatic carbocycles. The highest BCUT2D eigenvalue weighted by atomic mass is 79.9. The molecule has 8 heteroatoms. The van der Waals surface area contributed by atoms with Gasteiger partial charge in [-0.15, -0.1) is 12.4 Å². The third kappa shape index (κ3) is 4.60. The molecule has 1 aromatic carbocycles. The van der Waals surface area contributed by atoms with Crippen molar-refractivity contribution in [3.8, 4) is 5.75 Å². The highest BCUT2D eigenvalue weighted by Gasteiger charge is 2.28. The molecule has 0 aromatic heterocycles. The van der Waals surface area contributed by atoms with Crippen LogP contribution in [0.3, 0.4) is 0 Å². The number of sulfonamides is 1. The normalized spacial score (nSPS) is 11.9. The third-order valence-electron chi connectivity index (χ3n) is 2.66. The lowest BCUT2D eigenvalue weighted by molar-refractivity contribution is 0.400. The summed E-state index contributed by atoms with van der Waals surface area (Å²) in [6, 6.07) is 3.21. The zero-order chi connectivity index (χ0) is 14.8. The van der Waals surface area contributed by atoms with Crippen molar-refractivity contribution < 1.29 is 13.2 Å². The molecule has 0 heterocycles. The number of hydrogen-bond acceptors (Lipinski definition) is 4. The standard InChI is InChI=1S/C12H19BrN2O3S.ClH/c1-8-5-10(18-4)11(6-9(8)13)19(16,17)15-12(2,3)7-14;/h5-6,15H,7,14H2,1-4H3;1H. The summed E-state index contributed by atoms with van der Waals surface area (Å²) in [6.07, 6.45) is 0. The monoisotopic (exact) mass is 386 g/mol. The van der Waals surface area contributed by atoms with Crippen LogP contribution in [0, 0.1) is 6.92 Å². The second-order valence-electron chi connectivity index (χ2n) is 4.95. The maximum atomic E-state index is 12.4. The Morgan fingerprint density at radius 2 is 1.95 bits per heavy atom. The quantitative estimate of drug-likeness (QED) is 0.811. The van der Waals surface area contributed by atoms with Gasteiger partial charge in [0.2, 0.25) is 10.0 Å². The lowest BCUT2D eigenvalue weighted by atomic mass is 10.1. The molecule has 0 aliphatic rings. The molecule has 3 N–H and O–H groups in total. The van der Waals surface area contributed by atoms with Gasteiger partial charge in [-0.1, -0.05) is 15.9 Å². The molecule has 0 saturated heterocycles. The molecule has 0 amide bonds. The first-order valence-corrected chi connectivity index (χ1v) is 7.99. The van der Waals surface area contributed by atoms with Gasteiger partial charge in [0.05, 0.1) is 7.11 Å². The Morgan fingerprint density at radius 3 is 2.40 bits per heavy atom. The second-order valence-corrected chi connectivity index (χ2v) is 7.45. The minimum absolute atomic E-state index is 0. The average molecular weight is 388 g/mol. The lowest BCUT2D eigenvalue weighted by Gasteiger charge is -2.24. The Kier molecular flexibility index (Phi) is 6.96. The fourth-order valence-corrected chi connectivity index (χ4v) is 3.56. The molecule has 0 atom stereocenters. The average Bonchev–Trinajstić information content (AvgIpc) is 2.30. The number of methoxy groups -OCH3 is 1. The summed E-state index contributed by atoms with van der Waals surface area (Å²) in [5.41, 5.74) is 5.72. The fourth-order valence-electron chi connectivity index (χ4n) is 1.47. The number of benzene rings is 1. The molecule has 5 nitrogen and oxygen atoms in total. The van der Waals surface area contributed by atoms with Crippen LogP contribution in [-0.4, -0.2) is 27.6 Å². The van der Waals surface area contributed by atoms with E-state index in [1.807, 2.05) is 6.92 Å². The van der Waals surface area contributed by atoms with Gasteiger partial charge in [0.25, 0.3) is 0 Å². The summed E-state index contributed by atoms with van der Waals surface area (Å²) >= 11 is 3.33. The van der Waals surface area contributed by atoms with Crippen LogP contribution in [0.2, 0.25) is 0 Å². The van der Waals surface area contributed by atoms with E-state index in [2.05, 4.69) is 20.7 Å². The maximum Gasteiger partial charge on any atom is 0.244 e. The van der Waals surface area contributed by atoms with Crippen molar-refractivity contribution >= 4 is 38.4 Å². The molecule has 116 valence electrons. The molecule has 1 aromatic rings. The number of hydrogen-bond donors (Lipinski definition) is 2. The van der Waals surface area contributed by atoms with E-state index in [0.29, 0.717) is 10.2 Å². The molecule has 20 heavy (non-hydrogen) atoms. The zero-order valence-corrected chi connectivity index (χ0v) is 15.1. The Morgan fingerprint density at radius 1 is 1.40 bits per heavy atom. The number of rotatable bonds is 5. The molecule has 0 saturated carbocycles. The van der Waals surface area contributed by atoms with Crippen LogP contribution in [0.15, 0.2) is 21.5 Å². The summed E-state index contributed by atoms with van der Waals surface area (Å²) in [4.78, 5) is 0.0917. The largest absolute Gasteiger partial charge is 0.495 e. The molecule has 0 fully saturated rings. The van der Waals surface area contributed by atoms with Crippen molar-refractivity contribution in [1.82, 2.24) is 4.72 Å². The van der Waals surface area contributed by atoms with Gasteiger partial charge in [-0.05, 0) is 38.5 Å². The Labute approximate surface area is 134 Å². The highest BCUT2D eigenvalue weighted by molar-refractivity contribution is 9.10. The number of ether oxygens (including phenoxy) is 1. The Balaban J connectivity index is 0.00000361. The van der Waals surface area contributed by atoms with E-state index in [0.717, 1.165) is 5.56 Å². The summed E-state index contributed by atoms with van der Waals surface area (Å²) in [6.45, 7) is 5.50. The predicted molar refractivity (Wildman–Crippen MR) is 86.1 cm³/mol. The summed E-state index contributed by atoms with van der Waals surface area (Å²) in [5.74, 6) is 0.307. The highest BCUT2D eigenvalue weighted by Crippen LogP contribution is 2.30. The van der Waals surface area contributed by atoms with Crippen molar-refractivity contribution in [2.75, 3.05) is 13.7 Å². The second kappa shape index (κ2) is 7.09. The van der Waals surface area contributed by atoms with E-state index < -0.39 is 15.6 Å². The number of aryl methyl sites for hydroxylation is 1. The molecular formula is C12H20BrClN2O3S. The van der Waals surface area contributed by atoms with Crippen LogP contribution >= 0.6 is 28.3 Å². The van der Waals surface area contributed by atoms with Gasteiger partial charge in [-0.2, -0.15) is 0 Å². The van der Waals surface area contributed by atoms with Crippen molar-refractivity contribution in [3.05, 3.63) is 22.2 Å². The molecule has 0 spiro atoms. The van der Waals surface area contributed by atoms with Gasteiger partial charge in [-0.25, -0.2) is 13.1 Å². The van der Waals surface area contributed by atoms with E-state index >= 15 is 0 Å². The van der Waals surface area contributed by atoms with Crippen LogP contribution in [0.4, 0.5) is 0 Å². The van der Waals surface area contributed by atoms with E-state index in [9.17, 15) is 8.42 Å². The van der Waals surface area contributed by atoms with Crippen LogP contribution in [0.5, 0.6) is 5.75 Å². The zero-order valence-electron chi connectivity index (χ0n) is 11.9. The molecule has 0 bridgehead atoms. The number of nitrogens with one attached hydrogen (secondary N) is 1. The summed E-state index contributed by atoms with van der Waals surface area (Å²) in [5, 5.41) is 0. The number of halogens is 2. The van der Waals surface area contributed by atoms with Crippen LogP contribution in [0.1, 0.15) is 19.4 Å². The minimum atomic E-state index is -3.70. The van der Waals surface area contributed by atoms with Gasteiger partial charge in [0, 0.05) is 16.6 Å². The minimum Gasteiger partial charge on any atom is -0.495 e. The SMILES string of the molecule is COc1cc(C)c(Br)cc1S(=O)(=O)NC(C)(C)CN.Cl. The van der Waals surface area contributed by atoms with Gasteiger partial charge in [0.1, 0.15) is 10.6 Å². The van der Waals surface area contributed by atoms with Crippen molar-refractivity contribution in [3.63, 3.8) is 0 Å². The summed E-state index contributed by atoms with van der Waals surface area (Å²) < 4.78 is 33.2. The fraction of sp³-hybridized carbons (Fsp3) is 0.500. The Bertz CT molecular complexity index is 576. The van der Waals surface area contributed by atoms with Crippen molar-refractivity contribution in [2.45, 2.75) is 31.2 Å². The first-order chi connectivity index (χ1) is 8.63. The maximum absolute atomic E-state index is 12.4. The van der Waals surface area contributed by atoms with Gasteiger partial charge in [-0.3, -0.25) is 0 Å². The molecule has 0 aliphatic heterocycles. The van der Waals surface area contributed by atoms with E-state index in [-0.39, 0.29) is 23.8 Å². The molecular weight excluding hydrogens is 368 g/mol.